The molecule has 98 valence electrons. The Balaban J connectivity index is 1.97. The van der Waals surface area contributed by atoms with Gasteiger partial charge in [-0.2, -0.15) is 4.98 Å². The van der Waals surface area contributed by atoms with Gasteiger partial charge < -0.3 is 10.2 Å². The standard InChI is InChI=1S/C13H19BrN4/c1-2-15-12-10(14)11(9-5-6-9)16-13(17-12)18-7-3-4-8-18/h9H,2-8H2,1H3,(H,15,16,17). The first kappa shape index (κ1) is 12.2. The van der Waals surface area contributed by atoms with Crippen molar-refractivity contribution in [3.8, 4) is 0 Å². The molecule has 2 fully saturated rings. The molecule has 5 heteroatoms. The van der Waals surface area contributed by atoms with Crippen molar-refractivity contribution in [2.24, 2.45) is 0 Å². The van der Waals surface area contributed by atoms with Crippen molar-refractivity contribution in [3.63, 3.8) is 0 Å². The summed E-state index contributed by atoms with van der Waals surface area (Å²) in [4.78, 5) is 11.8. The molecule has 1 aliphatic heterocycles. The van der Waals surface area contributed by atoms with E-state index in [-0.39, 0.29) is 0 Å². The van der Waals surface area contributed by atoms with E-state index < -0.39 is 0 Å². The number of nitrogens with zero attached hydrogens (tertiary/aromatic N) is 3. The van der Waals surface area contributed by atoms with Gasteiger partial charge in [0.15, 0.2) is 0 Å². The van der Waals surface area contributed by atoms with Crippen LogP contribution in [0.5, 0.6) is 0 Å². The van der Waals surface area contributed by atoms with Crippen LogP contribution in [0.3, 0.4) is 0 Å². The Morgan fingerprint density at radius 1 is 1.28 bits per heavy atom. The van der Waals surface area contributed by atoms with Gasteiger partial charge in [0.2, 0.25) is 5.95 Å². The molecule has 1 aromatic rings. The Labute approximate surface area is 116 Å². The summed E-state index contributed by atoms with van der Waals surface area (Å²) < 4.78 is 1.06. The van der Waals surface area contributed by atoms with Crippen LogP contribution in [0.25, 0.3) is 0 Å². The van der Waals surface area contributed by atoms with Crippen LogP contribution < -0.4 is 10.2 Å². The fourth-order valence-corrected chi connectivity index (χ4v) is 3.06. The van der Waals surface area contributed by atoms with Crippen LogP contribution in [0.15, 0.2) is 4.47 Å². The highest BCUT2D eigenvalue weighted by molar-refractivity contribution is 9.10. The second-order valence-electron chi connectivity index (χ2n) is 5.07. The Bertz CT molecular complexity index is 439. The van der Waals surface area contributed by atoms with E-state index in [2.05, 4.69) is 38.1 Å². The van der Waals surface area contributed by atoms with Crippen LogP contribution in [-0.2, 0) is 0 Å². The monoisotopic (exact) mass is 310 g/mol. The molecule has 0 spiro atoms. The van der Waals surface area contributed by atoms with Crippen LogP contribution in [0.1, 0.15) is 44.2 Å². The van der Waals surface area contributed by atoms with Crippen molar-refractivity contribution >= 4 is 27.7 Å². The number of anilines is 2. The van der Waals surface area contributed by atoms with Gasteiger partial charge in [0.25, 0.3) is 0 Å². The number of aromatic nitrogens is 2. The van der Waals surface area contributed by atoms with E-state index in [9.17, 15) is 0 Å². The molecule has 1 N–H and O–H groups in total. The molecule has 1 saturated carbocycles. The number of rotatable bonds is 4. The van der Waals surface area contributed by atoms with Crippen molar-refractivity contribution in [1.29, 1.82) is 0 Å². The van der Waals surface area contributed by atoms with E-state index in [1.807, 2.05) is 0 Å². The van der Waals surface area contributed by atoms with Crippen molar-refractivity contribution in [2.75, 3.05) is 29.9 Å². The van der Waals surface area contributed by atoms with Crippen LogP contribution in [0.4, 0.5) is 11.8 Å². The number of hydrogen-bond donors (Lipinski definition) is 1. The third-order valence-electron chi connectivity index (χ3n) is 3.56. The van der Waals surface area contributed by atoms with E-state index >= 15 is 0 Å². The predicted octanol–water partition coefficient (Wildman–Crippen LogP) is 3.15. The molecule has 0 aromatic carbocycles. The molecule has 1 saturated heterocycles. The molecule has 2 aliphatic rings. The van der Waals surface area contributed by atoms with Crippen molar-refractivity contribution < 1.29 is 0 Å². The molecule has 4 nitrogen and oxygen atoms in total. The minimum absolute atomic E-state index is 0.640. The second kappa shape index (κ2) is 5.03. The van der Waals surface area contributed by atoms with Crippen LogP contribution in [-0.4, -0.2) is 29.6 Å². The minimum Gasteiger partial charge on any atom is -0.369 e. The van der Waals surface area contributed by atoms with E-state index in [0.717, 1.165) is 35.9 Å². The average Bonchev–Trinajstić information content (AvgIpc) is 3.06. The molecule has 18 heavy (non-hydrogen) atoms. The van der Waals surface area contributed by atoms with Gasteiger partial charge in [-0.3, -0.25) is 0 Å². The Hall–Kier alpha value is -0.840. The lowest BCUT2D eigenvalue weighted by Gasteiger charge is -2.18. The molecule has 0 radical (unpaired) electrons. The summed E-state index contributed by atoms with van der Waals surface area (Å²) in [5.41, 5.74) is 1.20. The van der Waals surface area contributed by atoms with Crippen molar-refractivity contribution in [1.82, 2.24) is 9.97 Å². The molecule has 1 aromatic heterocycles. The maximum absolute atomic E-state index is 4.79. The summed E-state index contributed by atoms with van der Waals surface area (Å²) in [6, 6.07) is 0. The zero-order valence-electron chi connectivity index (χ0n) is 10.7. The molecule has 0 bridgehead atoms. The van der Waals surface area contributed by atoms with Crippen LogP contribution in [0.2, 0.25) is 0 Å². The zero-order valence-corrected chi connectivity index (χ0v) is 12.3. The lowest BCUT2D eigenvalue weighted by Crippen LogP contribution is -2.22. The number of nitrogens with one attached hydrogen (secondary N) is 1. The fourth-order valence-electron chi connectivity index (χ4n) is 2.42. The van der Waals surface area contributed by atoms with Crippen LogP contribution >= 0.6 is 15.9 Å². The highest BCUT2D eigenvalue weighted by Gasteiger charge is 2.30. The SMILES string of the molecule is CCNc1nc(N2CCCC2)nc(C2CC2)c1Br. The molecule has 0 atom stereocenters. The topological polar surface area (TPSA) is 41.1 Å². The van der Waals surface area contributed by atoms with E-state index in [0.29, 0.717) is 5.92 Å². The normalized spacial score (nSPS) is 19.3. The van der Waals surface area contributed by atoms with Gasteiger partial charge >= 0.3 is 0 Å². The summed E-state index contributed by atoms with van der Waals surface area (Å²) >= 11 is 3.66. The summed E-state index contributed by atoms with van der Waals surface area (Å²) in [6.07, 6.45) is 5.05. The second-order valence-corrected chi connectivity index (χ2v) is 5.86. The average molecular weight is 311 g/mol. The zero-order chi connectivity index (χ0) is 12.5. The summed E-state index contributed by atoms with van der Waals surface area (Å²) in [6.45, 7) is 5.18. The minimum atomic E-state index is 0.640. The molecule has 1 aliphatic carbocycles. The lowest BCUT2D eigenvalue weighted by atomic mass is 10.3. The highest BCUT2D eigenvalue weighted by Crippen LogP contribution is 2.44. The molecule has 0 amide bonds. The predicted molar refractivity (Wildman–Crippen MR) is 77.3 cm³/mol. The van der Waals surface area contributed by atoms with Gasteiger partial charge in [-0.25, -0.2) is 4.98 Å². The van der Waals surface area contributed by atoms with Crippen molar-refractivity contribution in [3.05, 3.63) is 10.2 Å². The molecule has 3 rings (SSSR count). The third-order valence-corrected chi connectivity index (χ3v) is 4.34. The van der Waals surface area contributed by atoms with E-state index in [4.69, 9.17) is 4.98 Å². The third kappa shape index (κ3) is 2.32. The molecular weight excluding hydrogens is 292 g/mol. The fraction of sp³-hybridized carbons (Fsp3) is 0.692. The Morgan fingerprint density at radius 3 is 2.61 bits per heavy atom. The van der Waals surface area contributed by atoms with Gasteiger partial charge in [-0.15, -0.1) is 0 Å². The largest absolute Gasteiger partial charge is 0.369 e. The highest BCUT2D eigenvalue weighted by atomic mass is 79.9. The maximum atomic E-state index is 4.79. The Morgan fingerprint density at radius 2 is 2.00 bits per heavy atom. The lowest BCUT2D eigenvalue weighted by molar-refractivity contribution is 0.866. The van der Waals surface area contributed by atoms with E-state index in [1.54, 1.807) is 0 Å². The molecule has 0 unspecified atom stereocenters. The van der Waals surface area contributed by atoms with Gasteiger partial charge in [-0.05, 0) is 48.5 Å². The first-order valence-electron chi connectivity index (χ1n) is 6.86. The quantitative estimate of drug-likeness (QED) is 0.927. The van der Waals surface area contributed by atoms with Gasteiger partial charge in [0.1, 0.15) is 5.82 Å². The number of halogens is 1. The number of hydrogen-bond acceptors (Lipinski definition) is 4. The first-order chi connectivity index (χ1) is 8.79. The van der Waals surface area contributed by atoms with Gasteiger partial charge in [0.05, 0.1) is 10.2 Å². The Kier molecular flexibility index (Phi) is 3.41. The summed E-state index contributed by atoms with van der Waals surface area (Å²) in [5.74, 6) is 2.51. The van der Waals surface area contributed by atoms with Gasteiger partial charge in [-0.1, -0.05) is 0 Å². The van der Waals surface area contributed by atoms with Crippen molar-refractivity contribution in [2.45, 2.75) is 38.5 Å². The van der Waals surface area contributed by atoms with Crippen LogP contribution in [0, 0.1) is 0 Å². The summed E-state index contributed by atoms with van der Waals surface area (Å²) in [7, 11) is 0. The maximum Gasteiger partial charge on any atom is 0.227 e. The summed E-state index contributed by atoms with van der Waals surface area (Å²) in [5, 5.41) is 3.34. The molecule has 2 heterocycles. The van der Waals surface area contributed by atoms with Gasteiger partial charge in [0, 0.05) is 25.6 Å². The first-order valence-corrected chi connectivity index (χ1v) is 7.65. The molecular formula is C13H19BrN4. The van der Waals surface area contributed by atoms with E-state index in [1.165, 1.54) is 31.4 Å². The smallest absolute Gasteiger partial charge is 0.227 e.